The van der Waals surface area contributed by atoms with Crippen LogP contribution in [-0.2, 0) is 7.05 Å². The first kappa shape index (κ1) is 15.2. The van der Waals surface area contributed by atoms with Gasteiger partial charge in [0.25, 0.3) is 5.91 Å². The van der Waals surface area contributed by atoms with E-state index in [0.29, 0.717) is 22.2 Å². The maximum absolute atomic E-state index is 12.4. The minimum atomic E-state index is -0.390. The molecule has 0 bridgehead atoms. The van der Waals surface area contributed by atoms with Crippen LogP contribution >= 0.6 is 11.6 Å². The SMILES string of the molecule is CN(C)c1nc(C(=O)Nc2ccc(Cl)cc2)nc2c1cnn2C. The highest BCUT2D eigenvalue weighted by Crippen LogP contribution is 2.22. The standard InChI is InChI=1S/C15H15ClN6O/c1-21(2)13-11-8-17-22(3)14(11)20-12(19-13)15(23)18-10-6-4-9(16)5-7-10/h4-8H,1-3H3,(H,18,23). The molecule has 23 heavy (non-hydrogen) atoms. The summed E-state index contributed by atoms with van der Waals surface area (Å²) >= 11 is 5.84. The molecule has 2 heterocycles. The largest absolute Gasteiger partial charge is 0.362 e. The van der Waals surface area contributed by atoms with Gasteiger partial charge in [0.05, 0.1) is 11.6 Å². The van der Waals surface area contributed by atoms with Gasteiger partial charge >= 0.3 is 0 Å². The van der Waals surface area contributed by atoms with Crippen molar-refractivity contribution in [2.24, 2.45) is 7.05 Å². The lowest BCUT2D eigenvalue weighted by atomic mass is 10.3. The van der Waals surface area contributed by atoms with Gasteiger partial charge in [0.15, 0.2) is 5.65 Å². The monoisotopic (exact) mass is 330 g/mol. The van der Waals surface area contributed by atoms with Gasteiger partial charge in [-0.15, -0.1) is 0 Å². The van der Waals surface area contributed by atoms with Crippen LogP contribution in [0, 0.1) is 0 Å². The first-order chi connectivity index (χ1) is 11.0. The average Bonchev–Trinajstić information content (AvgIpc) is 2.90. The van der Waals surface area contributed by atoms with Crippen molar-refractivity contribution in [3.8, 4) is 0 Å². The van der Waals surface area contributed by atoms with Crippen molar-refractivity contribution < 1.29 is 4.79 Å². The number of hydrogen-bond acceptors (Lipinski definition) is 5. The molecule has 0 radical (unpaired) electrons. The van der Waals surface area contributed by atoms with E-state index in [1.165, 1.54) is 0 Å². The van der Waals surface area contributed by atoms with Crippen molar-refractivity contribution in [3.05, 3.63) is 41.3 Å². The molecule has 1 N–H and O–H groups in total. The fraction of sp³-hybridized carbons (Fsp3) is 0.200. The van der Waals surface area contributed by atoms with Gasteiger partial charge in [-0.2, -0.15) is 5.10 Å². The molecule has 0 fully saturated rings. The summed E-state index contributed by atoms with van der Waals surface area (Å²) < 4.78 is 1.61. The molecule has 118 valence electrons. The highest BCUT2D eigenvalue weighted by atomic mass is 35.5. The molecule has 3 rings (SSSR count). The highest BCUT2D eigenvalue weighted by molar-refractivity contribution is 6.30. The second kappa shape index (κ2) is 5.85. The fourth-order valence-electron chi connectivity index (χ4n) is 2.17. The lowest BCUT2D eigenvalue weighted by molar-refractivity contribution is 0.101. The van der Waals surface area contributed by atoms with Crippen LogP contribution in [0.25, 0.3) is 11.0 Å². The van der Waals surface area contributed by atoms with Crippen molar-refractivity contribution in [2.75, 3.05) is 24.3 Å². The molecule has 0 aliphatic rings. The number of carbonyl (C=O) groups excluding carboxylic acids is 1. The van der Waals surface area contributed by atoms with Gasteiger partial charge in [-0.25, -0.2) is 9.97 Å². The maximum Gasteiger partial charge on any atom is 0.293 e. The highest BCUT2D eigenvalue weighted by Gasteiger charge is 2.17. The smallest absolute Gasteiger partial charge is 0.293 e. The molecule has 2 aromatic heterocycles. The van der Waals surface area contributed by atoms with Crippen LogP contribution in [0.15, 0.2) is 30.5 Å². The summed E-state index contributed by atoms with van der Waals surface area (Å²) in [6.45, 7) is 0. The lowest BCUT2D eigenvalue weighted by Crippen LogP contribution is -2.19. The number of aromatic nitrogens is 4. The van der Waals surface area contributed by atoms with E-state index in [-0.39, 0.29) is 5.82 Å². The van der Waals surface area contributed by atoms with E-state index in [2.05, 4.69) is 20.4 Å². The molecular weight excluding hydrogens is 316 g/mol. The first-order valence-electron chi connectivity index (χ1n) is 6.89. The quantitative estimate of drug-likeness (QED) is 0.797. The number of halogens is 1. The number of benzene rings is 1. The van der Waals surface area contributed by atoms with Crippen LogP contribution in [0.4, 0.5) is 11.5 Å². The molecule has 0 saturated carbocycles. The Bertz CT molecular complexity index is 872. The van der Waals surface area contributed by atoms with Crippen molar-refractivity contribution in [1.29, 1.82) is 0 Å². The van der Waals surface area contributed by atoms with Crippen LogP contribution in [0.3, 0.4) is 0 Å². The Morgan fingerprint density at radius 2 is 1.91 bits per heavy atom. The summed E-state index contributed by atoms with van der Waals surface area (Å²) in [6.07, 6.45) is 1.69. The van der Waals surface area contributed by atoms with E-state index in [1.807, 2.05) is 19.0 Å². The summed E-state index contributed by atoms with van der Waals surface area (Å²) in [5.41, 5.74) is 1.23. The fourth-order valence-corrected chi connectivity index (χ4v) is 2.30. The first-order valence-corrected chi connectivity index (χ1v) is 7.27. The van der Waals surface area contributed by atoms with E-state index in [9.17, 15) is 4.79 Å². The van der Waals surface area contributed by atoms with Crippen molar-refractivity contribution in [1.82, 2.24) is 19.7 Å². The Hall–Kier alpha value is -2.67. The Kier molecular flexibility index (Phi) is 3.87. The third-order valence-electron chi connectivity index (χ3n) is 3.30. The average molecular weight is 331 g/mol. The van der Waals surface area contributed by atoms with E-state index in [4.69, 9.17) is 11.6 Å². The maximum atomic E-state index is 12.4. The van der Waals surface area contributed by atoms with Gasteiger partial charge in [-0.05, 0) is 24.3 Å². The Morgan fingerprint density at radius 3 is 2.57 bits per heavy atom. The number of nitrogens with zero attached hydrogens (tertiary/aromatic N) is 5. The van der Waals surface area contributed by atoms with Crippen LogP contribution in [-0.4, -0.2) is 39.8 Å². The van der Waals surface area contributed by atoms with Crippen molar-refractivity contribution in [2.45, 2.75) is 0 Å². The predicted octanol–water partition coefficient (Wildman–Crippen LogP) is 2.33. The zero-order chi connectivity index (χ0) is 16.6. The van der Waals surface area contributed by atoms with Gasteiger partial charge < -0.3 is 10.2 Å². The molecule has 0 aliphatic carbocycles. The number of rotatable bonds is 3. The molecule has 7 nitrogen and oxygen atoms in total. The summed E-state index contributed by atoms with van der Waals surface area (Å²) in [5.74, 6) is 0.336. The number of nitrogens with one attached hydrogen (secondary N) is 1. The number of anilines is 2. The second-order valence-corrected chi connectivity index (χ2v) is 5.67. The minimum absolute atomic E-state index is 0.0831. The number of aryl methyl sites for hydroxylation is 1. The molecule has 0 saturated heterocycles. The molecule has 1 aromatic carbocycles. The normalized spacial score (nSPS) is 10.8. The summed E-state index contributed by atoms with van der Waals surface area (Å²) in [5, 5.41) is 8.33. The van der Waals surface area contributed by atoms with E-state index >= 15 is 0 Å². The van der Waals surface area contributed by atoms with Gasteiger partial charge in [-0.3, -0.25) is 9.48 Å². The second-order valence-electron chi connectivity index (χ2n) is 5.23. The molecular formula is C15H15ClN6O. The van der Waals surface area contributed by atoms with Crippen molar-refractivity contribution >= 4 is 40.0 Å². The van der Waals surface area contributed by atoms with Crippen molar-refractivity contribution in [3.63, 3.8) is 0 Å². The van der Waals surface area contributed by atoms with Gasteiger partial charge in [0, 0.05) is 31.9 Å². The van der Waals surface area contributed by atoms with Gasteiger partial charge in [0.2, 0.25) is 5.82 Å². The Morgan fingerprint density at radius 1 is 1.22 bits per heavy atom. The lowest BCUT2D eigenvalue weighted by Gasteiger charge is -2.13. The summed E-state index contributed by atoms with van der Waals surface area (Å²) in [7, 11) is 5.49. The third kappa shape index (κ3) is 2.95. The van der Waals surface area contributed by atoms with Gasteiger partial charge in [-0.1, -0.05) is 11.6 Å². The van der Waals surface area contributed by atoms with Crippen LogP contribution in [0.1, 0.15) is 10.6 Å². The van der Waals surface area contributed by atoms with Crippen LogP contribution in [0.5, 0.6) is 0 Å². The molecule has 8 heteroatoms. The topological polar surface area (TPSA) is 75.9 Å². The minimum Gasteiger partial charge on any atom is -0.362 e. The van der Waals surface area contributed by atoms with E-state index < -0.39 is 5.91 Å². The van der Waals surface area contributed by atoms with E-state index in [0.717, 1.165) is 5.39 Å². The molecule has 1 amide bonds. The van der Waals surface area contributed by atoms with Crippen LogP contribution in [0.2, 0.25) is 5.02 Å². The molecule has 3 aromatic rings. The molecule has 0 spiro atoms. The number of amides is 1. The number of carbonyl (C=O) groups is 1. The number of fused-ring (bicyclic) bond motifs is 1. The predicted molar refractivity (Wildman–Crippen MR) is 90.0 cm³/mol. The zero-order valence-corrected chi connectivity index (χ0v) is 13.7. The summed E-state index contributed by atoms with van der Waals surface area (Å²) in [6, 6.07) is 6.84. The third-order valence-corrected chi connectivity index (χ3v) is 3.55. The summed E-state index contributed by atoms with van der Waals surface area (Å²) in [4.78, 5) is 22.9. The number of hydrogen-bond donors (Lipinski definition) is 1. The Balaban J connectivity index is 1.99. The molecule has 0 unspecified atom stereocenters. The van der Waals surface area contributed by atoms with Gasteiger partial charge in [0.1, 0.15) is 5.82 Å². The van der Waals surface area contributed by atoms with Crippen LogP contribution < -0.4 is 10.2 Å². The molecule has 0 atom stereocenters. The Labute approximate surface area is 137 Å². The zero-order valence-electron chi connectivity index (χ0n) is 12.9. The molecule has 0 aliphatic heterocycles. The van der Waals surface area contributed by atoms with E-state index in [1.54, 1.807) is 42.2 Å².